The molecule has 3 aromatic rings. The summed E-state index contributed by atoms with van der Waals surface area (Å²) in [5.74, 6) is -1.47. The normalized spacial score (nSPS) is 12.4. The summed E-state index contributed by atoms with van der Waals surface area (Å²) in [5.41, 5.74) is 1.18. The van der Waals surface area contributed by atoms with Gasteiger partial charge in [0, 0.05) is 11.8 Å². The van der Waals surface area contributed by atoms with E-state index >= 15 is 0 Å². The molecule has 1 amide bonds. The summed E-state index contributed by atoms with van der Waals surface area (Å²) in [4.78, 5) is 31.2. The van der Waals surface area contributed by atoms with Crippen molar-refractivity contribution in [2.45, 2.75) is 6.54 Å². The first-order valence-corrected chi connectivity index (χ1v) is 8.01. The Morgan fingerprint density at radius 2 is 1.89 bits per heavy atom. The highest BCUT2D eigenvalue weighted by molar-refractivity contribution is 6.04. The number of pyridine rings is 2. The van der Waals surface area contributed by atoms with Crippen LogP contribution < -0.4 is 10.6 Å². The third-order valence-corrected chi connectivity index (χ3v) is 4.14. The molecule has 0 saturated heterocycles. The average molecular weight is 366 g/mol. The predicted octanol–water partition coefficient (Wildman–Crippen LogP) is 3.22. The van der Waals surface area contributed by atoms with Gasteiger partial charge in [0.25, 0.3) is 5.91 Å². The number of anilines is 2. The lowest BCUT2D eigenvalue weighted by atomic mass is 10.1. The van der Waals surface area contributed by atoms with Crippen LogP contribution in [0.2, 0.25) is 0 Å². The van der Waals surface area contributed by atoms with Gasteiger partial charge in [-0.25, -0.2) is 18.7 Å². The Morgan fingerprint density at radius 3 is 2.56 bits per heavy atom. The number of aldehydes is 1. The number of nitrogens with one attached hydrogen (secondary N) is 2. The van der Waals surface area contributed by atoms with Crippen molar-refractivity contribution in [3.8, 4) is 11.3 Å². The minimum Gasteiger partial charge on any atom is -0.346 e. The number of carbonyl (C=O) groups excluding carboxylic acids is 2. The predicted molar refractivity (Wildman–Crippen MR) is 93.7 cm³/mol. The van der Waals surface area contributed by atoms with E-state index in [-0.39, 0.29) is 29.3 Å². The molecule has 1 aromatic carbocycles. The van der Waals surface area contributed by atoms with Gasteiger partial charge in [0.05, 0.1) is 34.7 Å². The standard InChI is InChI=1S/C19H12F2N4O2/c20-11-2-1-3-12(21)17(11)13-6-14(18-15(24-13)8-23-19(18)27)25-16-5-4-10(9-26)7-22-16/h1-7,9H,8H2,(H,23,27)(H,22,24,25). The fraction of sp³-hybridized carbons (Fsp3) is 0.0526. The van der Waals surface area contributed by atoms with E-state index < -0.39 is 11.6 Å². The maximum absolute atomic E-state index is 14.2. The molecule has 0 radical (unpaired) electrons. The zero-order valence-electron chi connectivity index (χ0n) is 13.8. The molecule has 0 fully saturated rings. The number of benzene rings is 1. The monoisotopic (exact) mass is 366 g/mol. The lowest BCUT2D eigenvalue weighted by Crippen LogP contribution is -2.13. The molecule has 0 aliphatic carbocycles. The smallest absolute Gasteiger partial charge is 0.255 e. The Labute approximate surface area is 152 Å². The van der Waals surface area contributed by atoms with Crippen LogP contribution in [0.5, 0.6) is 0 Å². The number of rotatable bonds is 4. The summed E-state index contributed by atoms with van der Waals surface area (Å²) in [6.45, 7) is 0.157. The number of nitrogens with zero attached hydrogens (tertiary/aromatic N) is 2. The van der Waals surface area contributed by atoms with Crippen molar-refractivity contribution in [2.75, 3.05) is 5.32 Å². The molecular weight excluding hydrogens is 354 g/mol. The quantitative estimate of drug-likeness (QED) is 0.693. The number of aromatic nitrogens is 2. The molecule has 0 spiro atoms. The van der Waals surface area contributed by atoms with Crippen LogP contribution in [-0.2, 0) is 6.54 Å². The van der Waals surface area contributed by atoms with Crippen LogP contribution in [-0.4, -0.2) is 22.2 Å². The second kappa shape index (κ2) is 6.56. The van der Waals surface area contributed by atoms with Crippen molar-refractivity contribution in [3.05, 3.63) is 71.1 Å². The molecule has 8 heteroatoms. The SMILES string of the molecule is O=Cc1ccc(Nc2cc(-c3c(F)cccc3F)nc3c2C(=O)NC3)nc1. The van der Waals surface area contributed by atoms with E-state index in [2.05, 4.69) is 20.6 Å². The highest BCUT2D eigenvalue weighted by Crippen LogP contribution is 2.32. The van der Waals surface area contributed by atoms with Gasteiger partial charge < -0.3 is 10.6 Å². The summed E-state index contributed by atoms with van der Waals surface area (Å²) in [5, 5.41) is 5.60. The topological polar surface area (TPSA) is 84.0 Å². The van der Waals surface area contributed by atoms with Gasteiger partial charge in [-0.2, -0.15) is 0 Å². The number of halogens is 2. The molecule has 6 nitrogen and oxygen atoms in total. The third-order valence-electron chi connectivity index (χ3n) is 4.14. The molecule has 3 heterocycles. The van der Waals surface area contributed by atoms with Gasteiger partial charge in [0.1, 0.15) is 17.5 Å². The largest absolute Gasteiger partial charge is 0.346 e. The highest BCUT2D eigenvalue weighted by atomic mass is 19.1. The van der Waals surface area contributed by atoms with Gasteiger partial charge in [0.15, 0.2) is 6.29 Å². The Kier molecular flexibility index (Phi) is 4.08. The van der Waals surface area contributed by atoms with E-state index in [1.165, 1.54) is 18.3 Å². The molecule has 2 aromatic heterocycles. The number of hydrogen-bond acceptors (Lipinski definition) is 5. The molecule has 1 aliphatic rings. The fourth-order valence-corrected chi connectivity index (χ4v) is 2.89. The van der Waals surface area contributed by atoms with E-state index in [0.29, 0.717) is 29.0 Å². The van der Waals surface area contributed by atoms with Crippen molar-refractivity contribution < 1.29 is 18.4 Å². The number of hydrogen-bond donors (Lipinski definition) is 2. The summed E-state index contributed by atoms with van der Waals surface area (Å²) in [7, 11) is 0. The number of fused-ring (bicyclic) bond motifs is 1. The summed E-state index contributed by atoms with van der Waals surface area (Å²) in [6, 6.07) is 8.08. The van der Waals surface area contributed by atoms with Crippen molar-refractivity contribution in [3.63, 3.8) is 0 Å². The second-order valence-corrected chi connectivity index (χ2v) is 5.88. The van der Waals surface area contributed by atoms with Crippen LogP contribution in [0.1, 0.15) is 26.4 Å². The first kappa shape index (κ1) is 16.8. The first-order valence-electron chi connectivity index (χ1n) is 8.01. The van der Waals surface area contributed by atoms with E-state index in [0.717, 1.165) is 12.1 Å². The van der Waals surface area contributed by atoms with Crippen molar-refractivity contribution in [1.82, 2.24) is 15.3 Å². The minimum atomic E-state index is -0.751. The molecule has 1 aliphatic heterocycles. The maximum atomic E-state index is 14.2. The lowest BCUT2D eigenvalue weighted by Gasteiger charge is -2.12. The summed E-state index contributed by atoms with van der Waals surface area (Å²) < 4.78 is 28.4. The molecule has 0 bridgehead atoms. The van der Waals surface area contributed by atoms with E-state index in [9.17, 15) is 18.4 Å². The Morgan fingerprint density at radius 1 is 1.11 bits per heavy atom. The lowest BCUT2D eigenvalue weighted by molar-refractivity contribution is 0.0966. The van der Waals surface area contributed by atoms with Gasteiger partial charge in [-0.3, -0.25) is 9.59 Å². The number of carbonyl (C=O) groups is 2. The molecule has 27 heavy (non-hydrogen) atoms. The molecule has 0 saturated carbocycles. The van der Waals surface area contributed by atoms with Crippen molar-refractivity contribution >= 4 is 23.7 Å². The van der Waals surface area contributed by atoms with E-state index in [1.54, 1.807) is 12.1 Å². The van der Waals surface area contributed by atoms with Crippen LogP contribution in [0, 0.1) is 11.6 Å². The van der Waals surface area contributed by atoms with Gasteiger partial charge in [-0.15, -0.1) is 0 Å². The maximum Gasteiger partial charge on any atom is 0.255 e. The van der Waals surface area contributed by atoms with Gasteiger partial charge in [-0.05, 0) is 30.3 Å². The van der Waals surface area contributed by atoms with E-state index in [4.69, 9.17) is 0 Å². The Hall–Kier alpha value is -3.68. The van der Waals surface area contributed by atoms with Gasteiger partial charge in [0.2, 0.25) is 0 Å². The Balaban J connectivity index is 1.83. The Bertz CT molecular complexity index is 1050. The van der Waals surface area contributed by atoms with Crippen molar-refractivity contribution in [2.24, 2.45) is 0 Å². The zero-order chi connectivity index (χ0) is 19.0. The second-order valence-electron chi connectivity index (χ2n) is 5.88. The van der Waals surface area contributed by atoms with Crippen LogP contribution in [0.15, 0.2) is 42.6 Å². The van der Waals surface area contributed by atoms with Crippen LogP contribution in [0.4, 0.5) is 20.3 Å². The minimum absolute atomic E-state index is 0.0628. The highest BCUT2D eigenvalue weighted by Gasteiger charge is 2.27. The molecule has 0 atom stereocenters. The molecule has 134 valence electrons. The fourth-order valence-electron chi connectivity index (χ4n) is 2.89. The average Bonchev–Trinajstić information content (AvgIpc) is 3.03. The first-order chi connectivity index (χ1) is 13.1. The molecule has 0 unspecified atom stereocenters. The molecule has 2 N–H and O–H groups in total. The van der Waals surface area contributed by atoms with E-state index in [1.807, 2.05) is 0 Å². The van der Waals surface area contributed by atoms with Crippen LogP contribution >= 0.6 is 0 Å². The zero-order valence-corrected chi connectivity index (χ0v) is 13.8. The summed E-state index contributed by atoms with van der Waals surface area (Å²) >= 11 is 0. The van der Waals surface area contributed by atoms with Gasteiger partial charge >= 0.3 is 0 Å². The van der Waals surface area contributed by atoms with Crippen molar-refractivity contribution in [1.29, 1.82) is 0 Å². The van der Waals surface area contributed by atoms with Crippen LogP contribution in [0.3, 0.4) is 0 Å². The van der Waals surface area contributed by atoms with Crippen LogP contribution in [0.25, 0.3) is 11.3 Å². The van der Waals surface area contributed by atoms with Gasteiger partial charge in [-0.1, -0.05) is 6.07 Å². The number of amides is 1. The third kappa shape index (κ3) is 3.01. The summed E-state index contributed by atoms with van der Waals surface area (Å²) in [6.07, 6.45) is 2.03. The molecular formula is C19H12F2N4O2. The molecule has 4 rings (SSSR count).